The molecule has 1 unspecified atom stereocenters. The molecule has 9 heteroatoms. The molecule has 2 rings (SSSR count). The van der Waals surface area contributed by atoms with Crippen molar-refractivity contribution in [3.8, 4) is 0 Å². The lowest BCUT2D eigenvalue weighted by atomic mass is 9.88. The van der Waals surface area contributed by atoms with E-state index in [-0.39, 0.29) is 54.1 Å². The quantitative estimate of drug-likeness (QED) is 0.267. The summed E-state index contributed by atoms with van der Waals surface area (Å²) in [6.45, 7) is 20.3. The van der Waals surface area contributed by atoms with E-state index in [1.54, 1.807) is 7.11 Å². The number of esters is 2. The molecule has 0 aromatic carbocycles. The van der Waals surface area contributed by atoms with Gasteiger partial charge in [-0.25, -0.2) is 0 Å². The van der Waals surface area contributed by atoms with E-state index in [4.69, 9.17) is 28.1 Å². The molecule has 6 atom stereocenters. The van der Waals surface area contributed by atoms with E-state index in [2.05, 4.69) is 33.9 Å². The molecule has 2 fully saturated rings. The molecule has 2 heterocycles. The lowest BCUT2D eigenvalue weighted by Gasteiger charge is -2.51. The van der Waals surface area contributed by atoms with Gasteiger partial charge in [0.2, 0.25) is 0 Å². The van der Waals surface area contributed by atoms with Crippen molar-refractivity contribution < 1.29 is 37.7 Å². The second kappa shape index (κ2) is 12.5. The number of carbonyl (C=O) groups excluding carboxylic acids is 2. The zero-order valence-electron chi connectivity index (χ0n) is 25.1. The van der Waals surface area contributed by atoms with E-state index in [9.17, 15) is 9.59 Å². The van der Waals surface area contributed by atoms with Crippen LogP contribution in [-0.2, 0) is 37.7 Å². The molecule has 0 aromatic rings. The van der Waals surface area contributed by atoms with Crippen molar-refractivity contribution in [2.45, 2.75) is 148 Å². The zero-order chi connectivity index (χ0) is 28.2. The third-order valence-corrected chi connectivity index (χ3v) is 12.4. The molecular formula is C28H52O8Si. The van der Waals surface area contributed by atoms with Crippen LogP contribution in [0.4, 0.5) is 0 Å². The molecule has 0 bridgehead atoms. The highest BCUT2D eigenvalue weighted by atomic mass is 28.4. The third kappa shape index (κ3) is 9.30. The van der Waals surface area contributed by atoms with E-state index in [1.165, 1.54) is 6.92 Å². The molecule has 0 aliphatic carbocycles. The maximum absolute atomic E-state index is 12.5. The van der Waals surface area contributed by atoms with E-state index in [0.717, 1.165) is 0 Å². The molecule has 0 aromatic heterocycles. The van der Waals surface area contributed by atoms with Gasteiger partial charge in [0, 0.05) is 46.1 Å². The minimum atomic E-state index is -2.08. The molecule has 2 aliphatic heterocycles. The molecule has 0 saturated carbocycles. The fourth-order valence-corrected chi connectivity index (χ4v) is 6.14. The van der Waals surface area contributed by atoms with Crippen LogP contribution in [-0.4, -0.2) is 70.3 Å². The van der Waals surface area contributed by atoms with Crippen molar-refractivity contribution in [3.63, 3.8) is 0 Å². The van der Waals surface area contributed by atoms with Gasteiger partial charge in [0.25, 0.3) is 0 Å². The SMILES string of the molecule is CCC(C[C@@H]1C[C@H](OC)C[C@@]2(C[C@H](O[Si](C)(C)C(C)(C)C)C[C@H](COC(=O)C(C)(C)C)O2)O1)OC(C)=O. The van der Waals surface area contributed by atoms with E-state index in [0.29, 0.717) is 38.5 Å². The number of hydrogen-bond acceptors (Lipinski definition) is 8. The van der Waals surface area contributed by atoms with Crippen LogP contribution in [0.15, 0.2) is 0 Å². The molecule has 0 amide bonds. The number of ether oxygens (including phenoxy) is 5. The Labute approximate surface area is 225 Å². The largest absolute Gasteiger partial charge is 0.463 e. The molecule has 216 valence electrons. The Morgan fingerprint density at radius 1 is 1.00 bits per heavy atom. The van der Waals surface area contributed by atoms with Crippen LogP contribution >= 0.6 is 0 Å². The van der Waals surface area contributed by atoms with Crippen molar-refractivity contribution in [2.24, 2.45) is 5.41 Å². The number of hydrogen-bond donors (Lipinski definition) is 0. The summed E-state index contributed by atoms with van der Waals surface area (Å²) in [5.74, 6) is -1.48. The smallest absolute Gasteiger partial charge is 0.311 e. The highest BCUT2D eigenvalue weighted by Gasteiger charge is 2.51. The Balaban J connectivity index is 2.30. The number of carbonyl (C=O) groups is 2. The standard InChI is InChI=1S/C28H52O8Si/c1-12-20(33-19(2)29)13-21-14-22(31-9)16-28(34-21)17-23(36-37(10,11)27(6,7)8)15-24(35-28)18-32-25(30)26(3,4)5/h20-24H,12-18H2,1-11H3/t20?,21-,22+,23-,24-,28-/m1/s1. The van der Waals surface area contributed by atoms with Crippen LogP contribution in [0, 0.1) is 5.41 Å². The lowest BCUT2D eigenvalue weighted by Crippen LogP contribution is -2.58. The molecule has 2 aliphatic rings. The first kappa shape index (κ1) is 32.2. The second-order valence-corrected chi connectivity index (χ2v) is 18.1. The molecule has 2 saturated heterocycles. The van der Waals surface area contributed by atoms with Crippen LogP contribution in [0.5, 0.6) is 0 Å². The van der Waals surface area contributed by atoms with Crippen LogP contribution in [0.3, 0.4) is 0 Å². The van der Waals surface area contributed by atoms with Crippen molar-refractivity contribution in [2.75, 3.05) is 13.7 Å². The summed E-state index contributed by atoms with van der Waals surface area (Å²) < 4.78 is 37.2. The monoisotopic (exact) mass is 544 g/mol. The maximum Gasteiger partial charge on any atom is 0.311 e. The van der Waals surface area contributed by atoms with Crippen molar-refractivity contribution in [1.29, 1.82) is 0 Å². The fourth-order valence-electron chi connectivity index (χ4n) is 4.77. The zero-order valence-corrected chi connectivity index (χ0v) is 26.1. The predicted molar refractivity (Wildman–Crippen MR) is 145 cm³/mol. The van der Waals surface area contributed by atoms with Gasteiger partial charge >= 0.3 is 11.9 Å². The lowest BCUT2D eigenvalue weighted by molar-refractivity contribution is -0.343. The Kier molecular flexibility index (Phi) is 10.8. The van der Waals surface area contributed by atoms with E-state index < -0.39 is 19.5 Å². The molecule has 37 heavy (non-hydrogen) atoms. The molecule has 0 radical (unpaired) electrons. The molecule has 1 spiro atoms. The molecule has 8 nitrogen and oxygen atoms in total. The van der Waals surface area contributed by atoms with Gasteiger partial charge in [-0.15, -0.1) is 0 Å². The maximum atomic E-state index is 12.5. The number of methoxy groups -OCH3 is 1. The van der Waals surface area contributed by atoms with Gasteiger partial charge in [0.15, 0.2) is 14.1 Å². The summed E-state index contributed by atoms with van der Waals surface area (Å²) in [4.78, 5) is 24.1. The Bertz CT molecular complexity index is 771. The first-order valence-corrected chi connectivity index (χ1v) is 16.7. The minimum absolute atomic E-state index is 0.0517. The van der Waals surface area contributed by atoms with Gasteiger partial charge < -0.3 is 28.1 Å². The first-order chi connectivity index (χ1) is 16.9. The highest BCUT2D eigenvalue weighted by molar-refractivity contribution is 6.74. The second-order valence-electron chi connectivity index (χ2n) is 13.4. The van der Waals surface area contributed by atoms with Gasteiger partial charge in [-0.1, -0.05) is 27.7 Å². The van der Waals surface area contributed by atoms with Crippen LogP contribution < -0.4 is 0 Å². The summed E-state index contributed by atoms with van der Waals surface area (Å²) in [5.41, 5.74) is -0.594. The summed E-state index contributed by atoms with van der Waals surface area (Å²) in [6, 6.07) is 0. The molecular weight excluding hydrogens is 492 g/mol. The summed E-state index contributed by atoms with van der Waals surface area (Å²) in [5, 5.41) is 0.0517. The normalized spacial score (nSPS) is 30.1. The topological polar surface area (TPSA) is 89.5 Å². The first-order valence-electron chi connectivity index (χ1n) is 13.8. The van der Waals surface area contributed by atoms with E-state index >= 15 is 0 Å². The van der Waals surface area contributed by atoms with Gasteiger partial charge in [-0.05, 0) is 45.3 Å². The Hall–Kier alpha value is -1.00. The van der Waals surface area contributed by atoms with Crippen LogP contribution in [0.1, 0.15) is 93.9 Å². The highest BCUT2D eigenvalue weighted by Crippen LogP contribution is 2.45. The van der Waals surface area contributed by atoms with E-state index in [1.807, 2.05) is 27.7 Å². The summed E-state index contributed by atoms with van der Waals surface area (Å²) >= 11 is 0. The van der Waals surface area contributed by atoms with Gasteiger partial charge in [0.05, 0.1) is 29.8 Å². The summed E-state index contributed by atoms with van der Waals surface area (Å²) in [7, 11) is -0.370. The van der Waals surface area contributed by atoms with Crippen LogP contribution in [0.2, 0.25) is 18.1 Å². The van der Waals surface area contributed by atoms with Crippen molar-refractivity contribution in [1.82, 2.24) is 0 Å². The summed E-state index contributed by atoms with van der Waals surface area (Å²) in [6.07, 6.45) is 2.76. The number of rotatable bonds is 9. The third-order valence-electron chi connectivity index (χ3n) is 7.82. The van der Waals surface area contributed by atoms with Crippen molar-refractivity contribution >= 4 is 20.3 Å². The minimum Gasteiger partial charge on any atom is -0.463 e. The van der Waals surface area contributed by atoms with Gasteiger partial charge in [0.1, 0.15) is 12.7 Å². The van der Waals surface area contributed by atoms with Crippen molar-refractivity contribution in [3.05, 3.63) is 0 Å². The fraction of sp³-hybridized carbons (Fsp3) is 0.929. The average molecular weight is 545 g/mol. The Morgan fingerprint density at radius 3 is 2.08 bits per heavy atom. The van der Waals surface area contributed by atoms with Gasteiger partial charge in [-0.3, -0.25) is 9.59 Å². The van der Waals surface area contributed by atoms with Crippen LogP contribution in [0.25, 0.3) is 0 Å². The molecule has 0 N–H and O–H groups in total. The van der Waals surface area contributed by atoms with Gasteiger partial charge in [-0.2, -0.15) is 0 Å². The predicted octanol–water partition coefficient (Wildman–Crippen LogP) is 5.77. The Morgan fingerprint density at radius 2 is 1.57 bits per heavy atom. The average Bonchev–Trinajstić information content (AvgIpc) is 2.74.